The summed E-state index contributed by atoms with van der Waals surface area (Å²) < 4.78 is 7.70. The first-order valence-electron chi connectivity index (χ1n) is 9.77. The Labute approximate surface area is 149 Å². The van der Waals surface area contributed by atoms with Crippen molar-refractivity contribution >= 4 is 5.91 Å². The van der Waals surface area contributed by atoms with Crippen molar-refractivity contribution in [2.24, 2.45) is 0 Å². The number of rotatable bonds is 6. The minimum absolute atomic E-state index is 0.0595. The van der Waals surface area contributed by atoms with Crippen LogP contribution in [0.5, 0.6) is 0 Å². The molecule has 0 spiro atoms. The van der Waals surface area contributed by atoms with E-state index in [1.807, 2.05) is 0 Å². The van der Waals surface area contributed by atoms with Crippen LogP contribution in [0.1, 0.15) is 50.2 Å². The number of hydrogen-bond acceptors (Lipinski definition) is 5. The van der Waals surface area contributed by atoms with Crippen LogP contribution in [-0.4, -0.2) is 64.0 Å². The summed E-state index contributed by atoms with van der Waals surface area (Å²) in [5, 5.41) is 11.6. The van der Waals surface area contributed by atoms with Gasteiger partial charge < -0.3 is 14.6 Å². The topological polar surface area (TPSA) is 72.3 Å². The molecule has 1 saturated carbocycles. The SMILES string of the molecule is O=C(CC1(N2CCOCC2)CCCC1)NCCc1nnc2n1CCC2. The number of amides is 1. The highest BCUT2D eigenvalue weighted by Crippen LogP contribution is 2.38. The molecule has 138 valence electrons. The Morgan fingerprint density at radius 2 is 1.92 bits per heavy atom. The summed E-state index contributed by atoms with van der Waals surface area (Å²) in [7, 11) is 0. The number of hydrogen-bond donors (Lipinski definition) is 1. The number of aromatic nitrogens is 3. The Hall–Kier alpha value is -1.47. The van der Waals surface area contributed by atoms with Gasteiger partial charge in [-0.3, -0.25) is 9.69 Å². The van der Waals surface area contributed by atoms with Crippen LogP contribution in [0.25, 0.3) is 0 Å². The van der Waals surface area contributed by atoms with Gasteiger partial charge >= 0.3 is 0 Å². The normalized spacial score (nSPS) is 22.9. The van der Waals surface area contributed by atoms with Crippen LogP contribution in [0.15, 0.2) is 0 Å². The second-order valence-corrected chi connectivity index (χ2v) is 7.60. The molecule has 1 aliphatic carbocycles. The lowest BCUT2D eigenvalue weighted by molar-refractivity contribution is -0.125. The van der Waals surface area contributed by atoms with E-state index in [-0.39, 0.29) is 11.4 Å². The maximum atomic E-state index is 12.6. The fourth-order valence-electron chi connectivity index (χ4n) is 4.75. The van der Waals surface area contributed by atoms with Crippen LogP contribution < -0.4 is 5.32 Å². The van der Waals surface area contributed by atoms with Gasteiger partial charge in [-0.25, -0.2) is 0 Å². The van der Waals surface area contributed by atoms with Crippen molar-refractivity contribution < 1.29 is 9.53 Å². The predicted molar refractivity (Wildman–Crippen MR) is 93.3 cm³/mol. The van der Waals surface area contributed by atoms with Gasteiger partial charge in [0, 0.05) is 51.0 Å². The molecule has 0 aromatic carbocycles. The maximum Gasteiger partial charge on any atom is 0.221 e. The van der Waals surface area contributed by atoms with Crippen LogP contribution in [0.4, 0.5) is 0 Å². The Morgan fingerprint density at radius 1 is 1.12 bits per heavy atom. The van der Waals surface area contributed by atoms with Crippen molar-refractivity contribution in [3.63, 3.8) is 0 Å². The molecule has 25 heavy (non-hydrogen) atoms. The summed E-state index contributed by atoms with van der Waals surface area (Å²) in [5.74, 6) is 2.28. The monoisotopic (exact) mass is 347 g/mol. The number of carbonyl (C=O) groups is 1. The van der Waals surface area contributed by atoms with E-state index in [2.05, 4.69) is 25.0 Å². The fourth-order valence-corrected chi connectivity index (χ4v) is 4.75. The first-order chi connectivity index (χ1) is 12.3. The summed E-state index contributed by atoms with van der Waals surface area (Å²) in [5.41, 5.74) is 0.0595. The van der Waals surface area contributed by atoms with E-state index in [4.69, 9.17) is 4.74 Å². The van der Waals surface area contributed by atoms with E-state index in [0.717, 1.165) is 76.6 Å². The molecule has 1 amide bonds. The molecule has 3 heterocycles. The summed E-state index contributed by atoms with van der Waals surface area (Å²) in [6.45, 7) is 5.17. The lowest BCUT2D eigenvalue weighted by Crippen LogP contribution is -2.54. The number of morpholine rings is 1. The number of carbonyl (C=O) groups excluding carboxylic acids is 1. The van der Waals surface area contributed by atoms with Gasteiger partial charge in [-0.05, 0) is 19.3 Å². The number of nitrogens with zero attached hydrogens (tertiary/aromatic N) is 4. The standard InChI is InChI=1S/C18H29N5O2/c24-17(19-8-5-16-21-20-15-4-3-9-23(15)16)14-18(6-1-2-7-18)22-10-12-25-13-11-22/h1-14H2,(H,19,24). The average molecular weight is 347 g/mol. The second-order valence-electron chi connectivity index (χ2n) is 7.60. The van der Waals surface area contributed by atoms with E-state index in [1.165, 1.54) is 12.8 Å². The number of aryl methyl sites for hydroxylation is 1. The third-order valence-corrected chi connectivity index (χ3v) is 6.06. The Kier molecular flexibility index (Phi) is 5.03. The zero-order valence-electron chi connectivity index (χ0n) is 15.0. The van der Waals surface area contributed by atoms with Crippen molar-refractivity contribution in [1.82, 2.24) is 25.0 Å². The van der Waals surface area contributed by atoms with Crippen LogP contribution in [0.2, 0.25) is 0 Å². The van der Waals surface area contributed by atoms with E-state index >= 15 is 0 Å². The van der Waals surface area contributed by atoms with Gasteiger partial charge in [0.25, 0.3) is 0 Å². The smallest absolute Gasteiger partial charge is 0.221 e. The lowest BCUT2D eigenvalue weighted by atomic mass is 9.90. The van der Waals surface area contributed by atoms with E-state index in [1.54, 1.807) is 0 Å². The summed E-state index contributed by atoms with van der Waals surface area (Å²) >= 11 is 0. The molecular formula is C18H29N5O2. The first-order valence-corrected chi connectivity index (χ1v) is 9.77. The summed E-state index contributed by atoms with van der Waals surface area (Å²) in [6.07, 6.45) is 8.31. The number of ether oxygens (including phenoxy) is 1. The van der Waals surface area contributed by atoms with Gasteiger partial charge in [0.05, 0.1) is 13.2 Å². The highest BCUT2D eigenvalue weighted by molar-refractivity contribution is 5.77. The minimum atomic E-state index is 0.0595. The highest BCUT2D eigenvalue weighted by Gasteiger charge is 2.41. The Bertz CT molecular complexity index is 603. The van der Waals surface area contributed by atoms with Crippen molar-refractivity contribution in [1.29, 1.82) is 0 Å². The summed E-state index contributed by atoms with van der Waals surface area (Å²) in [4.78, 5) is 15.1. The van der Waals surface area contributed by atoms with Crippen LogP contribution in [0.3, 0.4) is 0 Å². The van der Waals surface area contributed by atoms with Gasteiger partial charge in [-0.2, -0.15) is 0 Å². The number of nitrogens with one attached hydrogen (secondary N) is 1. The van der Waals surface area contributed by atoms with Crippen molar-refractivity contribution in [2.45, 2.75) is 63.5 Å². The number of fused-ring (bicyclic) bond motifs is 1. The molecule has 3 aliphatic rings. The van der Waals surface area contributed by atoms with Gasteiger partial charge in [-0.15, -0.1) is 10.2 Å². The molecule has 1 aromatic heterocycles. The molecule has 0 atom stereocenters. The first kappa shape index (κ1) is 17.0. The third-order valence-electron chi connectivity index (χ3n) is 6.06. The predicted octanol–water partition coefficient (Wildman–Crippen LogP) is 0.918. The van der Waals surface area contributed by atoms with E-state index < -0.39 is 0 Å². The second kappa shape index (κ2) is 7.41. The van der Waals surface area contributed by atoms with Crippen LogP contribution >= 0.6 is 0 Å². The molecule has 0 unspecified atom stereocenters. The molecule has 0 radical (unpaired) electrons. The van der Waals surface area contributed by atoms with Gasteiger partial charge in [0.15, 0.2) is 0 Å². The molecule has 1 N–H and O–H groups in total. The van der Waals surface area contributed by atoms with E-state index in [0.29, 0.717) is 13.0 Å². The van der Waals surface area contributed by atoms with Gasteiger partial charge in [0.2, 0.25) is 5.91 Å². The third kappa shape index (κ3) is 3.58. The van der Waals surface area contributed by atoms with Crippen LogP contribution in [-0.2, 0) is 28.9 Å². The zero-order chi connectivity index (χ0) is 17.1. The largest absolute Gasteiger partial charge is 0.379 e. The zero-order valence-corrected chi connectivity index (χ0v) is 15.0. The van der Waals surface area contributed by atoms with Crippen LogP contribution in [0, 0.1) is 0 Å². The quantitative estimate of drug-likeness (QED) is 0.828. The van der Waals surface area contributed by atoms with Crippen molar-refractivity contribution in [3.05, 3.63) is 11.6 Å². The maximum absolute atomic E-state index is 12.6. The van der Waals surface area contributed by atoms with Gasteiger partial charge in [0.1, 0.15) is 11.6 Å². The van der Waals surface area contributed by atoms with Gasteiger partial charge in [-0.1, -0.05) is 12.8 Å². The fraction of sp³-hybridized carbons (Fsp3) is 0.833. The molecule has 2 fully saturated rings. The molecule has 2 aliphatic heterocycles. The summed E-state index contributed by atoms with van der Waals surface area (Å²) in [6, 6.07) is 0. The highest BCUT2D eigenvalue weighted by atomic mass is 16.5. The Balaban J connectivity index is 1.29. The lowest BCUT2D eigenvalue weighted by Gasteiger charge is -2.43. The molecule has 1 aromatic rings. The van der Waals surface area contributed by atoms with Crippen molar-refractivity contribution in [3.8, 4) is 0 Å². The molecule has 1 saturated heterocycles. The van der Waals surface area contributed by atoms with E-state index in [9.17, 15) is 4.79 Å². The average Bonchev–Trinajstić information content (AvgIpc) is 3.34. The molecule has 7 heteroatoms. The molecular weight excluding hydrogens is 318 g/mol. The molecule has 0 bridgehead atoms. The van der Waals surface area contributed by atoms with Crippen molar-refractivity contribution in [2.75, 3.05) is 32.8 Å². The minimum Gasteiger partial charge on any atom is -0.379 e. The molecule has 7 nitrogen and oxygen atoms in total. The Morgan fingerprint density at radius 3 is 2.72 bits per heavy atom. The molecule has 4 rings (SSSR count).